The van der Waals surface area contributed by atoms with Gasteiger partial charge in [-0.05, 0) is 142 Å². The van der Waals surface area contributed by atoms with Crippen LogP contribution in [0.4, 0.5) is 0 Å². The minimum atomic E-state index is -0.200. The summed E-state index contributed by atoms with van der Waals surface area (Å²) in [4.78, 5) is 4.93. The van der Waals surface area contributed by atoms with E-state index in [1.165, 1.54) is 16.7 Å². The van der Waals surface area contributed by atoms with E-state index in [1.807, 2.05) is 30.5 Å². The zero-order chi connectivity index (χ0) is 57.4. The Bertz CT molecular complexity index is 5000. The van der Waals surface area contributed by atoms with Crippen LogP contribution in [-0.4, -0.2) is 14.1 Å². The molecule has 0 fully saturated rings. The molecule has 10 aromatic carbocycles. The third-order valence-corrected chi connectivity index (χ3v) is 17.1. The summed E-state index contributed by atoms with van der Waals surface area (Å²) in [5.74, 6) is 1.95. The topological polar surface area (TPSA) is 49.0 Å². The summed E-state index contributed by atoms with van der Waals surface area (Å²) >= 11 is 0. The molecular weight excluding hydrogens is 1220 g/mol. The van der Waals surface area contributed by atoms with E-state index in [1.54, 1.807) is 0 Å². The van der Waals surface area contributed by atoms with Crippen LogP contribution in [0.15, 0.2) is 217 Å². The van der Waals surface area contributed by atoms with Crippen molar-refractivity contribution in [3.05, 3.63) is 248 Å². The van der Waals surface area contributed by atoms with Crippen molar-refractivity contribution in [2.75, 3.05) is 0 Å². The summed E-state index contributed by atoms with van der Waals surface area (Å²) in [6, 6.07) is 82.1. The van der Waals surface area contributed by atoms with E-state index in [0.29, 0.717) is 11.5 Å². The number of para-hydroxylation sites is 2. The number of hydrogen-bond donors (Lipinski definition) is 0. The molecule has 7 heteroatoms. The maximum Gasteiger partial charge on any atom is 0.268 e. The molecule has 6 nitrogen and oxygen atoms in total. The summed E-state index contributed by atoms with van der Waals surface area (Å²) in [7, 11) is 0. The van der Waals surface area contributed by atoms with Crippen LogP contribution >= 0.6 is 0 Å². The van der Waals surface area contributed by atoms with Crippen molar-refractivity contribution in [1.29, 1.82) is 0 Å². The smallest absolute Gasteiger partial charge is 0.268 e. The molecule has 0 spiro atoms. The Morgan fingerprint density at radius 1 is 0.435 bits per heavy atom. The first-order valence-corrected chi connectivity index (χ1v) is 29.1. The molecule has 5 heterocycles. The summed E-state index contributed by atoms with van der Waals surface area (Å²) < 4.78 is 20.1. The van der Waals surface area contributed by atoms with Crippen LogP contribution in [0.3, 0.4) is 0 Å². The molecular formula is C78H62N4O2Pt-2. The van der Waals surface area contributed by atoms with Crippen LogP contribution in [0.1, 0.15) is 79.0 Å². The molecule has 0 N–H and O–H groups in total. The number of nitrogens with zero attached hydrogens (tertiary/aromatic N) is 4. The second kappa shape index (κ2) is 20.0. The number of pyridine rings is 1. The Labute approximate surface area is 510 Å². The number of benzene rings is 10. The first-order chi connectivity index (χ1) is 40.5. The van der Waals surface area contributed by atoms with Gasteiger partial charge >= 0.3 is 0 Å². The molecule has 14 aromatic rings. The fourth-order valence-corrected chi connectivity index (χ4v) is 12.6. The average Bonchev–Trinajstić information content (AvgIpc) is 1.78. The average molecular weight is 1280 g/mol. The Morgan fingerprint density at radius 2 is 1.06 bits per heavy atom. The minimum Gasteiger partial charge on any atom is -0.510 e. The van der Waals surface area contributed by atoms with E-state index >= 15 is 0 Å². The third kappa shape index (κ3) is 9.12. The molecule has 0 amide bonds. The number of ether oxygens (including phenoxy) is 1. The van der Waals surface area contributed by atoms with Crippen molar-refractivity contribution in [2.24, 2.45) is 0 Å². The summed E-state index contributed by atoms with van der Waals surface area (Å²) in [5.41, 5.74) is 22.1. The van der Waals surface area contributed by atoms with Crippen molar-refractivity contribution >= 4 is 54.8 Å². The van der Waals surface area contributed by atoms with Gasteiger partial charge in [0, 0.05) is 55.1 Å². The second-order valence-electron chi connectivity index (χ2n) is 25.7. The molecule has 0 unspecified atom stereocenters. The zero-order valence-electron chi connectivity index (χ0n) is 49.1. The Balaban J connectivity index is 0.00000640. The summed E-state index contributed by atoms with van der Waals surface area (Å²) in [6.07, 6.45) is 5.99. The van der Waals surface area contributed by atoms with Gasteiger partial charge in [0.2, 0.25) is 0 Å². The van der Waals surface area contributed by atoms with Gasteiger partial charge in [0.05, 0.1) is 16.7 Å². The first kappa shape index (κ1) is 53.9. The van der Waals surface area contributed by atoms with Crippen LogP contribution in [0.2, 0.25) is 0 Å². The molecule has 0 aliphatic carbocycles. The van der Waals surface area contributed by atoms with Crippen LogP contribution < -0.4 is 9.30 Å². The number of hydrogen-bond acceptors (Lipinski definition) is 3. The largest absolute Gasteiger partial charge is 0.510 e. The van der Waals surface area contributed by atoms with Gasteiger partial charge in [-0.3, -0.25) is 4.57 Å². The first-order valence-electron chi connectivity index (χ1n) is 29.1. The molecule has 0 radical (unpaired) electrons. The van der Waals surface area contributed by atoms with Crippen LogP contribution in [-0.2, 0) is 37.3 Å². The molecule has 15 rings (SSSR count). The monoisotopic (exact) mass is 1280 g/mol. The maximum atomic E-state index is 6.92. The van der Waals surface area contributed by atoms with Gasteiger partial charge in [-0.1, -0.05) is 201 Å². The fraction of sp³-hybridized carbons (Fsp3) is 0.154. The van der Waals surface area contributed by atoms with Crippen LogP contribution in [0, 0.1) is 18.5 Å². The van der Waals surface area contributed by atoms with Crippen LogP contribution in [0.5, 0.6) is 11.5 Å². The molecule has 418 valence electrons. The van der Waals surface area contributed by atoms with E-state index in [0.717, 1.165) is 128 Å². The Hall–Kier alpha value is -9.09. The number of imidazole rings is 1. The van der Waals surface area contributed by atoms with Gasteiger partial charge in [0.1, 0.15) is 17.0 Å². The van der Waals surface area contributed by atoms with Crippen molar-refractivity contribution < 1.29 is 34.8 Å². The SMILES string of the molecule is CC(C)(C)c1ccc(-c2cc3c4c(c2)n(-c2[c-]c(Oc5[c-]c6c(cc5)c5ccccc5n6-c5cc(C(C)(C)C)ccn5)ccc2)[c-][n+]4-c2c(-c4ccc5oc6ccccc6c5c4)cc(C(C)(C)C)cc2-c2ccccc2-c2ccccc2-3)cc1.[Pt]. The quantitative estimate of drug-likeness (QED) is 0.123. The number of furan rings is 1. The van der Waals surface area contributed by atoms with Gasteiger partial charge in [0.15, 0.2) is 0 Å². The van der Waals surface area contributed by atoms with E-state index in [-0.39, 0.29) is 37.3 Å². The standard InChI is InChI=1S/C78H62N4O2.Pt/c1-76(2,3)51-32-29-48(30-33-51)50-40-66-59-23-12-10-21-57(59)58-22-11-13-24-60(58)67-43-53(78(7,8)9)42-64(49-31-36-72-65(39-49)63-26-15-17-28-71(63)84-72)74(67)81-47-80(70(41-50)75(66)81)54-19-18-20-55(45-54)83-56-34-35-62-61-25-14-16-27-68(61)82(69(62)46-56)73-44-52(37-38-79-73)77(4,5)6;/h10-44H,1-9H3;/q-2;. The zero-order valence-corrected chi connectivity index (χ0v) is 51.4. The molecule has 85 heavy (non-hydrogen) atoms. The molecule has 0 bridgehead atoms. The van der Waals surface area contributed by atoms with Gasteiger partial charge in [0.25, 0.3) is 6.33 Å². The van der Waals surface area contributed by atoms with E-state index in [2.05, 4.69) is 276 Å². The van der Waals surface area contributed by atoms with Gasteiger partial charge in [-0.15, -0.1) is 29.7 Å². The molecule has 0 saturated carbocycles. The molecule has 4 aromatic heterocycles. The fourth-order valence-electron chi connectivity index (χ4n) is 12.6. The molecule has 1 aliphatic heterocycles. The van der Waals surface area contributed by atoms with Gasteiger partial charge < -0.3 is 18.3 Å². The molecule has 1 aliphatic rings. The second-order valence-corrected chi connectivity index (χ2v) is 25.7. The predicted molar refractivity (Wildman–Crippen MR) is 344 cm³/mol. The van der Waals surface area contributed by atoms with Crippen molar-refractivity contribution in [3.63, 3.8) is 0 Å². The van der Waals surface area contributed by atoms with Crippen molar-refractivity contribution in [3.8, 4) is 84.3 Å². The molecule has 0 saturated heterocycles. The Morgan fingerprint density at radius 3 is 1.79 bits per heavy atom. The normalized spacial score (nSPS) is 12.4. The minimum absolute atomic E-state index is 0. The van der Waals surface area contributed by atoms with E-state index in [4.69, 9.17) is 14.1 Å². The van der Waals surface area contributed by atoms with Gasteiger partial charge in [-0.25, -0.2) is 4.98 Å². The summed E-state index contributed by atoms with van der Waals surface area (Å²) in [5, 5.41) is 4.35. The number of aromatic nitrogens is 4. The van der Waals surface area contributed by atoms with Gasteiger partial charge in [-0.2, -0.15) is 18.2 Å². The Kier molecular flexibility index (Phi) is 12.7. The van der Waals surface area contributed by atoms with Crippen LogP contribution in [0.25, 0.3) is 128 Å². The number of fused-ring (bicyclic) bond motifs is 13. The van der Waals surface area contributed by atoms with E-state index in [9.17, 15) is 0 Å². The summed E-state index contributed by atoms with van der Waals surface area (Å²) in [6.45, 7) is 20.4. The van der Waals surface area contributed by atoms with Crippen molar-refractivity contribution in [2.45, 2.75) is 78.6 Å². The maximum absolute atomic E-state index is 6.92. The third-order valence-electron chi connectivity index (χ3n) is 17.1. The number of rotatable bonds is 6. The predicted octanol–water partition coefficient (Wildman–Crippen LogP) is 20.0. The van der Waals surface area contributed by atoms with E-state index < -0.39 is 0 Å². The molecule has 0 atom stereocenters. The van der Waals surface area contributed by atoms with Crippen molar-refractivity contribution in [1.82, 2.24) is 14.1 Å².